The summed E-state index contributed by atoms with van der Waals surface area (Å²) in [5.74, 6) is 1.40. The average Bonchev–Trinajstić information content (AvgIpc) is 3.03. The number of rotatable bonds is 3. The van der Waals surface area contributed by atoms with E-state index in [2.05, 4.69) is 38.1 Å². The Morgan fingerprint density at radius 2 is 2.07 bits per heavy atom. The van der Waals surface area contributed by atoms with Crippen molar-refractivity contribution in [3.05, 3.63) is 17.3 Å². The SMILES string of the molecule is CCc1cc2c(N3CC4(CN(C(=O)[C@@H]5CC6(CC6)CN5)C4)C3)ncnc2s1. The zero-order valence-corrected chi connectivity index (χ0v) is 16.5. The van der Waals surface area contributed by atoms with E-state index >= 15 is 0 Å². The van der Waals surface area contributed by atoms with Crippen molar-refractivity contribution in [1.82, 2.24) is 20.2 Å². The Kier molecular flexibility index (Phi) is 3.26. The van der Waals surface area contributed by atoms with E-state index in [0.29, 0.717) is 11.3 Å². The molecule has 2 spiro atoms. The van der Waals surface area contributed by atoms with Crippen LogP contribution in [-0.2, 0) is 11.2 Å². The lowest BCUT2D eigenvalue weighted by Gasteiger charge is -2.60. The van der Waals surface area contributed by atoms with Gasteiger partial charge in [0, 0.05) is 43.0 Å². The van der Waals surface area contributed by atoms with Crippen molar-refractivity contribution >= 4 is 33.3 Å². The number of anilines is 1. The Morgan fingerprint density at radius 1 is 1.26 bits per heavy atom. The van der Waals surface area contributed by atoms with Crippen LogP contribution in [0.2, 0.25) is 0 Å². The van der Waals surface area contributed by atoms with E-state index in [4.69, 9.17) is 0 Å². The molecule has 3 saturated heterocycles. The summed E-state index contributed by atoms with van der Waals surface area (Å²) in [6, 6.07) is 2.32. The summed E-state index contributed by atoms with van der Waals surface area (Å²) in [5, 5.41) is 4.65. The maximum Gasteiger partial charge on any atom is 0.239 e. The number of nitrogens with one attached hydrogen (secondary N) is 1. The van der Waals surface area contributed by atoms with E-state index in [9.17, 15) is 4.79 Å². The summed E-state index contributed by atoms with van der Waals surface area (Å²) in [5.41, 5.74) is 0.763. The van der Waals surface area contributed by atoms with Crippen LogP contribution in [0.3, 0.4) is 0 Å². The molecule has 5 heterocycles. The molecular weight excluding hydrogens is 358 g/mol. The van der Waals surface area contributed by atoms with Gasteiger partial charge in [0.05, 0.1) is 11.4 Å². The average molecular weight is 384 g/mol. The summed E-state index contributed by atoms with van der Waals surface area (Å²) in [7, 11) is 0. The van der Waals surface area contributed by atoms with Gasteiger partial charge in [0.15, 0.2) is 0 Å². The number of hydrogen-bond acceptors (Lipinski definition) is 6. The van der Waals surface area contributed by atoms with Gasteiger partial charge in [-0.1, -0.05) is 6.92 Å². The van der Waals surface area contributed by atoms with Crippen LogP contribution in [0.15, 0.2) is 12.4 Å². The number of likely N-dealkylation sites (tertiary alicyclic amines) is 1. The van der Waals surface area contributed by atoms with Crippen molar-refractivity contribution in [3.63, 3.8) is 0 Å². The van der Waals surface area contributed by atoms with E-state index in [1.54, 1.807) is 17.7 Å². The zero-order chi connectivity index (χ0) is 18.2. The van der Waals surface area contributed by atoms with Gasteiger partial charge in [-0.3, -0.25) is 4.79 Å². The van der Waals surface area contributed by atoms with Gasteiger partial charge >= 0.3 is 0 Å². The Morgan fingerprint density at radius 3 is 2.78 bits per heavy atom. The van der Waals surface area contributed by atoms with Crippen LogP contribution in [0.1, 0.15) is 31.1 Å². The van der Waals surface area contributed by atoms with Gasteiger partial charge in [-0.2, -0.15) is 0 Å². The molecule has 3 aliphatic heterocycles. The third kappa shape index (κ3) is 2.44. The van der Waals surface area contributed by atoms with Crippen LogP contribution in [0.5, 0.6) is 0 Å². The summed E-state index contributed by atoms with van der Waals surface area (Å²) >= 11 is 1.77. The quantitative estimate of drug-likeness (QED) is 0.879. The summed E-state index contributed by atoms with van der Waals surface area (Å²) in [6.07, 6.45) is 6.39. The second kappa shape index (κ2) is 5.41. The van der Waals surface area contributed by atoms with Crippen molar-refractivity contribution in [2.75, 3.05) is 37.6 Å². The van der Waals surface area contributed by atoms with Gasteiger partial charge in [-0.25, -0.2) is 9.97 Å². The van der Waals surface area contributed by atoms with Crippen LogP contribution in [-0.4, -0.2) is 59.5 Å². The second-order valence-corrected chi connectivity index (χ2v) is 10.3. The van der Waals surface area contributed by atoms with E-state index in [1.807, 2.05) is 0 Å². The first-order valence-electron chi connectivity index (χ1n) is 10.1. The molecule has 0 aromatic carbocycles. The highest BCUT2D eigenvalue weighted by atomic mass is 32.1. The topological polar surface area (TPSA) is 61.4 Å². The molecule has 0 radical (unpaired) electrons. The summed E-state index contributed by atoms with van der Waals surface area (Å²) in [4.78, 5) is 28.7. The number of carbonyl (C=O) groups excluding carboxylic acids is 1. The number of aryl methyl sites for hydroxylation is 1. The first kappa shape index (κ1) is 16.2. The lowest BCUT2D eigenvalue weighted by Crippen LogP contribution is -2.74. The monoisotopic (exact) mass is 383 g/mol. The van der Waals surface area contributed by atoms with Crippen molar-refractivity contribution in [2.24, 2.45) is 10.8 Å². The highest BCUT2D eigenvalue weighted by Crippen LogP contribution is 2.52. The Balaban J connectivity index is 1.11. The molecule has 6 rings (SSSR count). The van der Waals surface area contributed by atoms with E-state index in [0.717, 1.165) is 56.2 Å². The van der Waals surface area contributed by atoms with Crippen LogP contribution >= 0.6 is 11.3 Å². The third-order valence-corrected chi connectivity index (χ3v) is 8.23. The predicted octanol–water partition coefficient (Wildman–Crippen LogP) is 2.04. The fraction of sp³-hybridized carbons (Fsp3) is 0.650. The molecule has 0 bridgehead atoms. The van der Waals surface area contributed by atoms with Crippen molar-refractivity contribution in [3.8, 4) is 0 Å². The Hall–Kier alpha value is -1.73. The highest BCUT2D eigenvalue weighted by Gasteiger charge is 2.56. The minimum atomic E-state index is 0.0702. The summed E-state index contributed by atoms with van der Waals surface area (Å²) < 4.78 is 0. The molecular formula is C20H25N5OS. The first-order chi connectivity index (χ1) is 13.1. The smallest absolute Gasteiger partial charge is 0.239 e. The third-order valence-electron chi connectivity index (χ3n) is 7.04. The molecule has 4 aliphatic rings. The van der Waals surface area contributed by atoms with E-state index in [-0.39, 0.29) is 11.5 Å². The van der Waals surface area contributed by atoms with Crippen LogP contribution in [0.25, 0.3) is 10.2 Å². The Bertz CT molecular complexity index is 922. The molecule has 1 atom stereocenters. The number of aromatic nitrogens is 2. The molecule has 7 heteroatoms. The minimum absolute atomic E-state index is 0.0702. The zero-order valence-electron chi connectivity index (χ0n) is 15.7. The molecule has 27 heavy (non-hydrogen) atoms. The number of thiophene rings is 1. The largest absolute Gasteiger partial charge is 0.354 e. The molecule has 4 fully saturated rings. The van der Waals surface area contributed by atoms with Gasteiger partial charge in [-0.05, 0) is 37.2 Å². The molecule has 142 valence electrons. The second-order valence-electron chi connectivity index (χ2n) is 9.17. The fourth-order valence-electron chi connectivity index (χ4n) is 5.22. The normalized spacial score (nSPS) is 27.2. The maximum absolute atomic E-state index is 12.8. The van der Waals surface area contributed by atoms with E-state index in [1.165, 1.54) is 23.1 Å². The van der Waals surface area contributed by atoms with Gasteiger partial charge in [0.2, 0.25) is 5.91 Å². The van der Waals surface area contributed by atoms with Gasteiger partial charge in [0.1, 0.15) is 17.0 Å². The Labute approximate surface area is 163 Å². The van der Waals surface area contributed by atoms with Crippen molar-refractivity contribution < 1.29 is 4.79 Å². The molecule has 1 saturated carbocycles. The summed E-state index contributed by atoms with van der Waals surface area (Å²) in [6.45, 7) is 7.04. The number of hydrogen-bond donors (Lipinski definition) is 1. The van der Waals surface area contributed by atoms with Crippen LogP contribution < -0.4 is 10.2 Å². The highest BCUT2D eigenvalue weighted by molar-refractivity contribution is 7.18. The first-order valence-corrected chi connectivity index (χ1v) is 10.9. The van der Waals surface area contributed by atoms with Crippen molar-refractivity contribution in [1.29, 1.82) is 0 Å². The van der Waals surface area contributed by atoms with Crippen molar-refractivity contribution in [2.45, 2.75) is 38.6 Å². The minimum Gasteiger partial charge on any atom is -0.354 e. The molecule has 2 aromatic rings. The van der Waals surface area contributed by atoms with Crippen LogP contribution in [0, 0.1) is 10.8 Å². The molecule has 2 aromatic heterocycles. The lowest BCUT2D eigenvalue weighted by molar-refractivity contribution is -0.147. The van der Waals surface area contributed by atoms with E-state index < -0.39 is 0 Å². The number of nitrogens with zero attached hydrogens (tertiary/aromatic N) is 4. The standard InChI is InChI=1S/C20H25N5OS/c1-2-13-5-14-16(22-12-23-17(14)27-13)24-8-20(9-24)10-25(11-20)18(26)15-6-19(3-4-19)7-21-15/h5,12,15,21H,2-4,6-11H2,1H3/t15-/m0/s1. The molecule has 0 unspecified atom stereocenters. The maximum atomic E-state index is 12.8. The van der Waals surface area contributed by atoms with Gasteiger partial charge < -0.3 is 15.1 Å². The van der Waals surface area contributed by atoms with Gasteiger partial charge in [-0.15, -0.1) is 11.3 Å². The molecule has 1 aliphatic carbocycles. The molecule has 1 amide bonds. The van der Waals surface area contributed by atoms with Gasteiger partial charge in [0.25, 0.3) is 0 Å². The molecule has 1 N–H and O–H groups in total. The van der Waals surface area contributed by atoms with Crippen LogP contribution in [0.4, 0.5) is 5.82 Å². The molecule has 6 nitrogen and oxygen atoms in total. The number of carbonyl (C=O) groups is 1. The number of amides is 1. The fourth-order valence-corrected chi connectivity index (χ4v) is 6.15. The predicted molar refractivity (Wildman–Crippen MR) is 106 cm³/mol. The number of fused-ring (bicyclic) bond motifs is 1. The lowest BCUT2D eigenvalue weighted by atomic mass is 9.72.